The number of benzene rings is 2. The molecule has 31 heavy (non-hydrogen) atoms. The maximum absolute atomic E-state index is 12.7. The van der Waals surface area contributed by atoms with Crippen molar-refractivity contribution in [2.75, 3.05) is 10.8 Å². The lowest BCUT2D eigenvalue weighted by Gasteiger charge is -2.21. The first kappa shape index (κ1) is 22.4. The SMILES string of the molecule is O=C1CN(c2ccc(CC(Cc3ccccc3)NC(=O)C(F)(F)F)cc2O)S(=O)(=O)N1. The van der Waals surface area contributed by atoms with Crippen LogP contribution in [0.2, 0.25) is 0 Å². The van der Waals surface area contributed by atoms with Crippen LogP contribution in [-0.2, 0) is 32.6 Å². The van der Waals surface area contributed by atoms with Crippen molar-refractivity contribution >= 4 is 27.7 Å². The molecule has 0 spiro atoms. The molecule has 1 saturated heterocycles. The summed E-state index contributed by atoms with van der Waals surface area (Å²) in [6, 6.07) is 11.5. The third-order valence-corrected chi connectivity index (χ3v) is 5.92. The molecule has 0 aromatic heterocycles. The molecule has 3 N–H and O–H groups in total. The Bertz CT molecular complexity index is 1090. The number of carbonyl (C=O) groups is 2. The van der Waals surface area contributed by atoms with Crippen LogP contribution in [0.3, 0.4) is 0 Å². The minimum absolute atomic E-state index is 0.0610. The van der Waals surface area contributed by atoms with Crippen molar-refractivity contribution in [3.05, 3.63) is 59.7 Å². The van der Waals surface area contributed by atoms with E-state index < -0.39 is 46.5 Å². The second-order valence-electron chi connectivity index (χ2n) is 6.92. The maximum Gasteiger partial charge on any atom is 0.471 e. The average Bonchev–Trinajstić information content (AvgIpc) is 2.93. The summed E-state index contributed by atoms with van der Waals surface area (Å²) in [5.74, 6) is -3.32. The van der Waals surface area contributed by atoms with Gasteiger partial charge in [-0.2, -0.15) is 21.6 Å². The normalized spacial score (nSPS) is 16.6. The Morgan fingerprint density at radius 2 is 1.77 bits per heavy atom. The monoisotopic (exact) mass is 457 g/mol. The van der Waals surface area contributed by atoms with Crippen molar-refractivity contribution in [1.29, 1.82) is 0 Å². The molecular weight excluding hydrogens is 439 g/mol. The van der Waals surface area contributed by atoms with E-state index in [1.54, 1.807) is 35.1 Å². The van der Waals surface area contributed by atoms with E-state index in [4.69, 9.17) is 0 Å². The number of rotatable bonds is 6. The van der Waals surface area contributed by atoms with E-state index in [1.807, 2.05) is 5.32 Å². The highest BCUT2D eigenvalue weighted by atomic mass is 32.2. The number of hydrogen-bond acceptors (Lipinski definition) is 5. The van der Waals surface area contributed by atoms with Crippen molar-refractivity contribution in [2.45, 2.75) is 25.1 Å². The van der Waals surface area contributed by atoms with E-state index in [0.717, 1.165) is 0 Å². The molecule has 0 radical (unpaired) electrons. The van der Waals surface area contributed by atoms with E-state index in [1.165, 1.54) is 18.2 Å². The molecule has 0 aliphatic carbocycles. The van der Waals surface area contributed by atoms with E-state index in [9.17, 15) is 36.3 Å². The van der Waals surface area contributed by atoms with Crippen LogP contribution in [0.4, 0.5) is 18.9 Å². The van der Waals surface area contributed by atoms with Crippen LogP contribution >= 0.6 is 0 Å². The Balaban J connectivity index is 1.82. The number of phenolic OH excluding ortho intramolecular Hbond substituents is 1. The number of amides is 2. The predicted molar refractivity (Wildman–Crippen MR) is 104 cm³/mol. The van der Waals surface area contributed by atoms with Crippen LogP contribution in [0.1, 0.15) is 11.1 Å². The van der Waals surface area contributed by atoms with Gasteiger partial charge in [0.2, 0.25) is 0 Å². The zero-order valence-corrected chi connectivity index (χ0v) is 16.7. The lowest BCUT2D eigenvalue weighted by Crippen LogP contribution is -2.45. The summed E-state index contributed by atoms with van der Waals surface area (Å²) < 4.78 is 64.5. The zero-order chi connectivity index (χ0) is 22.8. The first-order chi connectivity index (χ1) is 14.5. The van der Waals surface area contributed by atoms with E-state index in [0.29, 0.717) is 15.4 Å². The first-order valence-electron chi connectivity index (χ1n) is 9.02. The summed E-state index contributed by atoms with van der Waals surface area (Å²) in [7, 11) is -4.13. The second-order valence-corrected chi connectivity index (χ2v) is 8.52. The highest BCUT2D eigenvalue weighted by Gasteiger charge is 2.40. The van der Waals surface area contributed by atoms with Gasteiger partial charge in [0.25, 0.3) is 5.91 Å². The van der Waals surface area contributed by atoms with Crippen molar-refractivity contribution in [3.63, 3.8) is 0 Å². The van der Waals surface area contributed by atoms with Crippen LogP contribution < -0.4 is 14.3 Å². The molecule has 1 aliphatic heterocycles. The largest absolute Gasteiger partial charge is 0.506 e. The van der Waals surface area contributed by atoms with Gasteiger partial charge in [-0.15, -0.1) is 0 Å². The van der Waals surface area contributed by atoms with Gasteiger partial charge in [-0.1, -0.05) is 36.4 Å². The summed E-state index contributed by atoms with van der Waals surface area (Å²) in [6.07, 6.45) is -5.01. The van der Waals surface area contributed by atoms with Crippen molar-refractivity contribution in [2.24, 2.45) is 0 Å². The Labute approximate surface area is 175 Å². The molecule has 1 unspecified atom stereocenters. The van der Waals surface area contributed by atoms with Gasteiger partial charge in [0.05, 0.1) is 5.69 Å². The molecule has 2 aromatic rings. The fourth-order valence-electron chi connectivity index (χ4n) is 3.19. The van der Waals surface area contributed by atoms with E-state index in [-0.39, 0.29) is 18.5 Å². The summed E-state index contributed by atoms with van der Waals surface area (Å²) in [4.78, 5) is 22.8. The fraction of sp³-hybridized carbons (Fsp3) is 0.263. The Kier molecular flexibility index (Phi) is 6.11. The number of aromatic hydroxyl groups is 1. The molecule has 166 valence electrons. The maximum atomic E-state index is 12.7. The second kappa shape index (κ2) is 8.46. The van der Waals surface area contributed by atoms with Crippen LogP contribution in [0, 0.1) is 0 Å². The standard InChI is InChI=1S/C19H18F3N3O5S/c20-19(21,22)18(28)23-14(8-12-4-2-1-3-5-12)9-13-6-7-15(16(26)10-13)25-11-17(27)24-31(25,29)30/h1-7,10,14,26H,8-9,11H2,(H,23,28)(H,24,27). The van der Waals surface area contributed by atoms with Crippen molar-refractivity contribution < 1.29 is 36.3 Å². The topological polar surface area (TPSA) is 116 Å². The predicted octanol–water partition coefficient (Wildman–Crippen LogP) is 1.41. The van der Waals surface area contributed by atoms with Crippen LogP contribution in [0.25, 0.3) is 0 Å². The molecule has 0 saturated carbocycles. The zero-order valence-electron chi connectivity index (χ0n) is 15.9. The number of nitrogens with zero attached hydrogens (tertiary/aromatic N) is 1. The van der Waals surface area contributed by atoms with Gasteiger partial charge in [-0.25, -0.2) is 9.03 Å². The number of nitrogens with one attached hydrogen (secondary N) is 2. The Hall–Kier alpha value is -3.28. The molecular formula is C19H18F3N3O5S. The molecule has 2 aromatic carbocycles. The number of phenols is 1. The Morgan fingerprint density at radius 3 is 2.32 bits per heavy atom. The fourth-order valence-corrected chi connectivity index (χ4v) is 4.36. The molecule has 3 rings (SSSR count). The smallest absolute Gasteiger partial charge is 0.471 e. The molecule has 1 fully saturated rings. The summed E-state index contributed by atoms with van der Waals surface area (Å²) >= 11 is 0. The molecule has 1 aliphatic rings. The summed E-state index contributed by atoms with van der Waals surface area (Å²) in [5, 5.41) is 12.2. The van der Waals surface area contributed by atoms with E-state index in [2.05, 4.69) is 0 Å². The van der Waals surface area contributed by atoms with Gasteiger partial charge in [-0.3, -0.25) is 9.59 Å². The highest BCUT2D eigenvalue weighted by molar-refractivity contribution is 7.92. The summed E-state index contributed by atoms with van der Waals surface area (Å²) in [6.45, 7) is -0.506. The van der Waals surface area contributed by atoms with Gasteiger partial charge in [0.1, 0.15) is 12.3 Å². The van der Waals surface area contributed by atoms with Gasteiger partial charge in [0.15, 0.2) is 0 Å². The van der Waals surface area contributed by atoms with Crippen LogP contribution in [0.5, 0.6) is 5.75 Å². The van der Waals surface area contributed by atoms with Crippen molar-refractivity contribution in [1.82, 2.24) is 10.0 Å². The first-order valence-corrected chi connectivity index (χ1v) is 10.5. The molecule has 1 heterocycles. The van der Waals surface area contributed by atoms with Crippen LogP contribution in [0.15, 0.2) is 48.5 Å². The molecule has 2 amide bonds. The van der Waals surface area contributed by atoms with Gasteiger partial charge in [0, 0.05) is 6.04 Å². The highest BCUT2D eigenvalue weighted by Crippen LogP contribution is 2.32. The minimum atomic E-state index is -5.05. The molecule has 8 nitrogen and oxygen atoms in total. The lowest BCUT2D eigenvalue weighted by molar-refractivity contribution is -0.174. The number of carbonyl (C=O) groups excluding carboxylic acids is 2. The third-order valence-electron chi connectivity index (χ3n) is 4.53. The summed E-state index contributed by atoms with van der Waals surface area (Å²) in [5.41, 5.74) is 0.908. The van der Waals surface area contributed by atoms with Gasteiger partial charge >= 0.3 is 22.3 Å². The van der Waals surface area contributed by atoms with Crippen LogP contribution in [-0.4, -0.2) is 44.1 Å². The number of alkyl halides is 3. The lowest BCUT2D eigenvalue weighted by atomic mass is 9.98. The molecule has 1 atom stereocenters. The number of hydrogen-bond donors (Lipinski definition) is 3. The number of halogens is 3. The molecule has 0 bridgehead atoms. The Morgan fingerprint density at radius 1 is 1.13 bits per heavy atom. The van der Waals surface area contributed by atoms with Gasteiger partial charge in [-0.05, 0) is 36.1 Å². The average molecular weight is 457 g/mol. The van der Waals surface area contributed by atoms with Crippen molar-refractivity contribution in [3.8, 4) is 5.75 Å². The minimum Gasteiger partial charge on any atom is -0.506 e. The third kappa shape index (κ3) is 5.45. The van der Waals surface area contributed by atoms with E-state index >= 15 is 0 Å². The number of anilines is 1. The van der Waals surface area contributed by atoms with Gasteiger partial charge < -0.3 is 10.4 Å². The molecule has 12 heteroatoms. The quantitative estimate of drug-likeness (QED) is 0.607.